The van der Waals surface area contributed by atoms with Crippen molar-refractivity contribution in [2.75, 3.05) is 45.2 Å². The van der Waals surface area contributed by atoms with E-state index >= 15 is 0 Å². The standard InChI is InChI=1S/C22H28N6O2/c1-14-8-16-11-23-28(19(16)9-18(14)15-4-6-26(2)7-5-15)21-10-20(24-22(25-21)30-3)27-12-17(29)13-27/h8-11,15,17,29H,4-7,12-13H2,1-3H3. The number of ether oxygens (including phenoxy) is 1. The average Bonchev–Trinajstić information content (AvgIpc) is 3.13. The van der Waals surface area contributed by atoms with Gasteiger partial charge in [-0.3, -0.25) is 0 Å². The van der Waals surface area contributed by atoms with Crippen LogP contribution < -0.4 is 9.64 Å². The Hall–Kier alpha value is -2.71. The topological polar surface area (TPSA) is 79.5 Å². The SMILES string of the molecule is COc1nc(N2CC(O)C2)cc(-n2ncc3cc(C)c(C4CCN(C)CC4)cc32)n1. The fourth-order valence-electron chi connectivity index (χ4n) is 4.55. The van der Waals surface area contributed by atoms with Crippen LogP contribution in [-0.2, 0) is 0 Å². The molecule has 8 heteroatoms. The van der Waals surface area contributed by atoms with Gasteiger partial charge in [0.25, 0.3) is 0 Å². The zero-order valence-corrected chi connectivity index (χ0v) is 17.7. The van der Waals surface area contributed by atoms with E-state index in [0.717, 1.165) is 29.8 Å². The van der Waals surface area contributed by atoms with Crippen molar-refractivity contribution in [2.24, 2.45) is 0 Å². The predicted molar refractivity (Wildman–Crippen MR) is 116 cm³/mol. The summed E-state index contributed by atoms with van der Waals surface area (Å²) in [4.78, 5) is 13.4. The van der Waals surface area contributed by atoms with Crippen molar-refractivity contribution < 1.29 is 9.84 Å². The van der Waals surface area contributed by atoms with Crippen molar-refractivity contribution in [3.05, 3.63) is 35.5 Å². The summed E-state index contributed by atoms with van der Waals surface area (Å²) in [5.74, 6) is 1.99. The van der Waals surface area contributed by atoms with Gasteiger partial charge in [0.15, 0.2) is 5.82 Å². The Labute approximate surface area is 176 Å². The van der Waals surface area contributed by atoms with Crippen molar-refractivity contribution in [1.29, 1.82) is 0 Å². The summed E-state index contributed by atoms with van der Waals surface area (Å²) in [7, 11) is 3.76. The van der Waals surface area contributed by atoms with Crippen LogP contribution in [0.4, 0.5) is 5.82 Å². The van der Waals surface area contributed by atoms with Crippen molar-refractivity contribution in [1.82, 2.24) is 24.6 Å². The molecule has 0 amide bonds. The molecular weight excluding hydrogens is 380 g/mol. The minimum Gasteiger partial charge on any atom is -0.467 e. The van der Waals surface area contributed by atoms with Crippen molar-refractivity contribution >= 4 is 16.7 Å². The summed E-state index contributed by atoms with van der Waals surface area (Å²) in [6.07, 6.45) is 3.95. The van der Waals surface area contributed by atoms with Crippen LogP contribution in [0.1, 0.15) is 29.9 Å². The van der Waals surface area contributed by atoms with Crippen LogP contribution in [0.2, 0.25) is 0 Å². The fourth-order valence-corrected chi connectivity index (χ4v) is 4.55. The first-order chi connectivity index (χ1) is 14.5. The van der Waals surface area contributed by atoms with Gasteiger partial charge in [0, 0.05) is 24.5 Å². The Balaban J connectivity index is 1.56. The largest absolute Gasteiger partial charge is 0.467 e. The lowest BCUT2D eigenvalue weighted by Crippen LogP contribution is -2.51. The van der Waals surface area contributed by atoms with E-state index in [9.17, 15) is 5.11 Å². The van der Waals surface area contributed by atoms with Crippen LogP contribution in [0, 0.1) is 6.92 Å². The molecule has 158 valence electrons. The first-order valence-electron chi connectivity index (χ1n) is 10.5. The van der Waals surface area contributed by atoms with E-state index in [1.165, 1.54) is 24.0 Å². The summed E-state index contributed by atoms with van der Waals surface area (Å²) < 4.78 is 7.21. The molecule has 2 fully saturated rings. The van der Waals surface area contributed by atoms with E-state index < -0.39 is 0 Å². The molecule has 0 unspecified atom stereocenters. The van der Waals surface area contributed by atoms with E-state index in [1.54, 1.807) is 7.11 Å². The van der Waals surface area contributed by atoms with E-state index in [0.29, 0.717) is 30.8 Å². The zero-order chi connectivity index (χ0) is 20.8. The number of aryl methyl sites for hydroxylation is 1. The van der Waals surface area contributed by atoms with Crippen LogP contribution in [0.15, 0.2) is 24.4 Å². The Morgan fingerprint density at radius 2 is 1.80 bits per heavy atom. The Morgan fingerprint density at radius 1 is 1.07 bits per heavy atom. The minimum absolute atomic E-state index is 0.301. The summed E-state index contributed by atoms with van der Waals surface area (Å²) in [5, 5.41) is 15.4. The number of hydrogen-bond acceptors (Lipinski definition) is 7. The van der Waals surface area contributed by atoms with Crippen molar-refractivity contribution in [3.63, 3.8) is 0 Å². The molecule has 1 N–H and O–H groups in total. The van der Waals surface area contributed by atoms with Gasteiger partial charge in [-0.2, -0.15) is 15.1 Å². The molecule has 1 aromatic carbocycles. The summed E-state index contributed by atoms with van der Waals surface area (Å²) in [5.41, 5.74) is 3.78. The summed E-state index contributed by atoms with van der Waals surface area (Å²) >= 11 is 0. The zero-order valence-electron chi connectivity index (χ0n) is 17.7. The van der Waals surface area contributed by atoms with Gasteiger partial charge >= 0.3 is 6.01 Å². The third-order valence-electron chi connectivity index (χ3n) is 6.38. The molecule has 0 radical (unpaired) electrons. The van der Waals surface area contributed by atoms with Gasteiger partial charge in [0.1, 0.15) is 5.82 Å². The molecule has 2 saturated heterocycles. The summed E-state index contributed by atoms with van der Waals surface area (Å²) in [6.45, 7) is 5.61. The normalized spacial score (nSPS) is 18.7. The first-order valence-corrected chi connectivity index (χ1v) is 10.5. The molecule has 0 atom stereocenters. The maximum atomic E-state index is 9.66. The quantitative estimate of drug-likeness (QED) is 0.708. The van der Waals surface area contributed by atoms with Crippen molar-refractivity contribution in [2.45, 2.75) is 31.8 Å². The maximum Gasteiger partial charge on any atom is 0.320 e. The second-order valence-electron chi connectivity index (χ2n) is 8.53. The molecule has 0 saturated carbocycles. The minimum atomic E-state index is -0.306. The second-order valence-corrected chi connectivity index (χ2v) is 8.53. The Bertz CT molecular complexity index is 1070. The molecule has 0 aliphatic carbocycles. The molecular formula is C22H28N6O2. The number of β-amino-alcohol motifs (C(OH)–C–C–N with tert-alkyl or cyclic N) is 1. The molecule has 30 heavy (non-hydrogen) atoms. The average molecular weight is 409 g/mol. The predicted octanol–water partition coefficient (Wildman–Crippen LogP) is 2.12. The third-order valence-corrected chi connectivity index (χ3v) is 6.38. The van der Waals surface area contributed by atoms with E-state index in [-0.39, 0.29) is 6.10 Å². The second kappa shape index (κ2) is 7.52. The highest BCUT2D eigenvalue weighted by Crippen LogP contribution is 2.33. The fraction of sp³-hybridized carbons (Fsp3) is 0.500. The lowest BCUT2D eigenvalue weighted by atomic mass is 9.86. The van der Waals surface area contributed by atoms with Crippen LogP contribution in [0.3, 0.4) is 0 Å². The van der Waals surface area contributed by atoms with E-state index in [1.807, 2.05) is 21.8 Å². The number of benzene rings is 1. The number of nitrogens with zero attached hydrogens (tertiary/aromatic N) is 6. The first kappa shape index (κ1) is 19.3. The molecule has 2 aliphatic rings. The number of piperidine rings is 1. The van der Waals surface area contributed by atoms with E-state index in [2.05, 4.69) is 46.1 Å². The van der Waals surface area contributed by atoms with Crippen molar-refractivity contribution in [3.8, 4) is 11.8 Å². The monoisotopic (exact) mass is 408 g/mol. The number of aromatic nitrogens is 4. The van der Waals surface area contributed by atoms with Crippen LogP contribution in [0.5, 0.6) is 6.01 Å². The number of hydrogen-bond donors (Lipinski definition) is 1. The number of anilines is 1. The number of likely N-dealkylation sites (tertiary alicyclic amines) is 1. The number of aliphatic hydroxyl groups is 1. The lowest BCUT2D eigenvalue weighted by Gasteiger charge is -2.36. The van der Waals surface area contributed by atoms with Gasteiger partial charge in [-0.25, -0.2) is 4.68 Å². The molecule has 4 heterocycles. The lowest BCUT2D eigenvalue weighted by molar-refractivity contribution is 0.141. The molecule has 0 bridgehead atoms. The van der Waals surface area contributed by atoms with Gasteiger partial charge in [-0.15, -0.1) is 0 Å². The highest BCUT2D eigenvalue weighted by Gasteiger charge is 2.27. The Kier molecular flexibility index (Phi) is 4.83. The van der Waals surface area contributed by atoms with E-state index in [4.69, 9.17) is 4.74 Å². The molecule has 5 rings (SSSR count). The van der Waals surface area contributed by atoms with Gasteiger partial charge < -0.3 is 19.6 Å². The smallest absolute Gasteiger partial charge is 0.320 e. The van der Waals surface area contributed by atoms with Crippen LogP contribution >= 0.6 is 0 Å². The molecule has 2 aliphatic heterocycles. The Morgan fingerprint density at radius 3 is 2.50 bits per heavy atom. The van der Waals surface area contributed by atoms with Gasteiger partial charge in [0.2, 0.25) is 0 Å². The number of fused-ring (bicyclic) bond motifs is 1. The van der Waals surface area contributed by atoms with Gasteiger partial charge in [0.05, 0.1) is 24.9 Å². The van der Waals surface area contributed by atoms with Crippen LogP contribution in [0.25, 0.3) is 16.7 Å². The van der Waals surface area contributed by atoms with Crippen LogP contribution in [-0.4, -0.2) is 76.2 Å². The third kappa shape index (κ3) is 3.40. The number of rotatable bonds is 4. The molecule has 3 aromatic rings. The highest BCUT2D eigenvalue weighted by molar-refractivity contribution is 5.82. The molecule has 0 spiro atoms. The number of methoxy groups -OCH3 is 1. The highest BCUT2D eigenvalue weighted by atomic mass is 16.5. The molecule has 2 aromatic heterocycles. The van der Waals surface area contributed by atoms with Gasteiger partial charge in [-0.05, 0) is 69.1 Å². The van der Waals surface area contributed by atoms with Gasteiger partial charge in [-0.1, -0.05) is 0 Å². The molecule has 8 nitrogen and oxygen atoms in total. The number of aliphatic hydroxyl groups excluding tert-OH is 1. The summed E-state index contributed by atoms with van der Waals surface area (Å²) in [6, 6.07) is 6.73. The maximum absolute atomic E-state index is 9.66.